The Morgan fingerprint density at radius 1 is 1.05 bits per heavy atom. The van der Waals surface area contributed by atoms with E-state index < -0.39 is 6.10 Å². The molecule has 0 amide bonds. The molecule has 3 rings (SSSR count). The average molecular weight is 285 g/mol. The lowest BCUT2D eigenvalue weighted by atomic mass is 10.1. The Morgan fingerprint density at radius 3 is 2.62 bits per heavy atom. The van der Waals surface area contributed by atoms with Crippen molar-refractivity contribution in [3.63, 3.8) is 0 Å². The molecule has 21 heavy (non-hydrogen) atoms. The lowest BCUT2D eigenvalue weighted by Gasteiger charge is -2.18. The quantitative estimate of drug-likeness (QED) is 0.887. The lowest BCUT2D eigenvalue weighted by Crippen LogP contribution is -2.24. The number of ether oxygens (including phenoxy) is 2. The van der Waals surface area contributed by atoms with Gasteiger partial charge in [0.2, 0.25) is 6.79 Å². The van der Waals surface area contributed by atoms with Crippen molar-refractivity contribution in [3.8, 4) is 11.5 Å². The number of fused-ring (bicyclic) bond motifs is 1. The predicted octanol–water partition coefficient (Wildman–Crippen LogP) is 2.80. The van der Waals surface area contributed by atoms with Gasteiger partial charge in [-0.2, -0.15) is 0 Å². The second-order valence-electron chi connectivity index (χ2n) is 5.17. The van der Waals surface area contributed by atoms with Crippen molar-refractivity contribution in [2.45, 2.75) is 19.1 Å². The molecule has 2 aromatic carbocycles. The van der Waals surface area contributed by atoms with Crippen LogP contribution in [0.25, 0.3) is 0 Å². The molecule has 1 aliphatic heterocycles. The molecule has 0 saturated heterocycles. The van der Waals surface area contributed by atoms with Crippen LogP contribution in [0, 0.1) is 0 Å². The topological polar surface area (TPSA) is 50.7 Å². The number of nitrogens with one attached hydrogen (secondary N) is 1. The van der Waals surface area contributed by atoms with Gasteiger partial charge < -0.3 is 19.9 Å². The molecule has 2 aromatic rings. The van der Waals surface area contributed by atoms with Crippen LogP contribution in [0.2, 0.25) is 0 Å². The summed E-state index contributed by atoms with van der Waals surface area (Å²) in [7, 11) is 0. The van der Waals surface area contributed by atoms with E-state index in [1.807, 2.05) is 36.4 Å². The minimum atomic E-state index is -0.578. The van der Waals surface area contributed by atoms with E-state index in [9.17, 15) is 5.11 Å². The van der Waals surface area contributed by atoms with Crippen LogP contribution < -0.4 is 14.8 Å². The zero-order chi connectivity index (χ0) is 14.7. The molecule has 0 aliphatic carbocycles. The maximum Gasteiger partial charge on any atom is 0.231 e. The standard InChI is InChI=1S/C17H19NO3/c1-12(13-5-3-2-4-6-13)18-10-15(19)14-7-8-16-17(9-14)21-11-20-16/h2-9,12,15,18-19H,10-11H2,1H3/t12-,15-/m0/s1. The van der Waals surface area contributed by atoms with E-state index in [0.717, 1.165) is 11.3 Å². The van der Waals surface area contributed by atoms with Gasteiger partial charge in [0.15, 0.2) is 11.5 Å². The van der Waals surface area contributed by atoms with Gasteiger partial charge in [-0.3, -0.25) is 0 Å². The Bertz CT molecular complexity index is 600. The van der Waals surface area contributed by atoms with Gasteiger partial charge in [0, 0.05) is 12.6 Å². The number of aliphatic hydroxyl groups excluding tert-OH is 1. The average Bonchev–Trinajstić information content (AvgIpc) is 3.00. The molecule has 1 heterocycles. The van der Waals surface area contributed by atoms with Crippen LogP contribution in [0.5, 0.6) is 11.5 Å². The first-order valence-corrected chi connectivity index (χ1v) is 7.10. The number of hydrogen-bond donors (Lipinski definition) is 2. The van der Waals surface area contributed by atoms with Gasteiger partial charge in [-0.05, 0) is 30.2 Å². The molecule has 4 nitrogen and oxygen atoms in total. The number of aliphatic hydroxyl groups is 1. The third-order valence-corrected chi connectivity index (χ3v) is 3.70. The minimum absolute atomic E-state index is 0.190. The van der Waals surface area contributed by atoms with Crippen LogP contribution in [-0.4, -0.2) is 18.4 Å². The Morgan fingerprint density at radius 2 is 1.81 bits per heavy atom. The molecule has 0 bridgehead atoms. The molecule has 0 unspecified atom stereocenters. The molecule has 0 saturated carbocycles. The predicted molar refractivity (Wildman–Crippen MR) is 80.4 cm³/mol. The Hall–Kier alpha value is -2.04. The Labute approximate surface area is 124 Å². The Balaban J connectivity index is 1.60. The molecule has 4 heteroatoms. The molecular weight excluding hydrogens is 266 g/mol. The van der Waals surface area contributed by atoms with E-state index in [4.69, 9.17) is 9.47 Å². The summed E-state index contributed by atoms with van der Waals surface area (Å²) in [5, 5.41) is 13.6. The Kier molecular flexibility index (Phi) is 4.08. The smallest absolute Gasteiger partial charge is 0.231 e. The summed E-state index contributed by atoms with van der Waals surface area (Å²) < 4.78 is 10.6. The normalized spacial score (nSPS) is 15.7. The zero-order valence-corrected chi connectivity index (χ0v) is 12.0. The summed E-state index contributed by atoms with van der Waals surface area (Å²) in [6.45, 7) is 2.82. The van der Waals surface area contributed by atoms with Crippen LogP contribution in [0.4, 0.5) is 0 Å². The molecule has 0 spiro atoms. The number of benzene rings is 2. The van der Waals surface area contributed by atoms with Crippen LogP contribution in [-0.2, 0) is 0 Å². The fraction of sp³-hybridized carbons (Fsp3) is 0.294. The lowest BCUT2D eigenvalue weighted by molar-refractivity contribution is 0.168. The first-order chi connectivity index (χ1) is 10.2. The summed E-state index contributed by atoms with van der Waals surface area (Å²) in [6, 6.07) is 15.9. The summed E-state index contributed by atoms with van der Waals surface area (Å²) in [4.78, 5) is 0. The molecule has 0 radical (unpaired) electrons. The van der Waals surface area contributed by atoms with Crippen molar-refractivity contribution in [2.75, 3.05) is 13.3 Å². The van der Waals surface area contributed by atoms with E-state index in [2.05, 4.69) is 24.4 Å². The van der Waals surface area contributed by atoms with Gasteiger partial charge in [-0.1, -0.05) is 36.4 Å². The molecule has 110 valence electrons. The van der Waals surface area contributed by atoms with E-state index in [-0.39, 0.29) is 12.8 Å². The van der Waals surface area contributed by atoms with Crippen molar-refractivity contribution >= 4 is 0 Å². The highest BCUT2D eigenvalue weighted by Crippen LogP contribution is 2.34. The van der Waals surface area contributed by atoms with Gasteiger partial charge >= 0.3 is 0 Å². The van der Waals surface area contributed by atoms with Crippen molar-refractivity contribution in [3.05, 3.63) is 59.7 Å². The first-order valence-electron chi connectivity index (χ1n) is 7.10. The van der Waals surface area contributed by atoms with E-state index in [0.29, 0.717) is 12.3 Å². The van der Waals surface area contributed by atoms with Crippen molar-refractivity contribution in [2.24, 2.45) is 0 Å². The van der Waals surface area contributed by atoms with E-state index >= 15 is 0 Å². The maximum absolute atomic E-state index is 10.3. The number of hydrogen-bond acceptors (Lipinski definition) is 4. The summed E-state index contributed by atoms with van der Waals surface area (Å²) in [6.07, 6.45) is -0.578. The second kappa shape index (κ2) is 6.16. The van der Waals surface area contributed by atoms with Gasteiger partial charge in [0.1, 0.15) is 0 Å². The maximum atomic E-state index is 10.3. The summed E-state index contributed by atoms with van der Waals surface area (Å²) in [5.74, 6) is 1.43. The van der Waals surface area contributed by atoms with E-state index in [1.165, 1.54) is 5.56 Å². The van der Waals surface area contributed by atoms with Crippen molar-refractivity contribution in [1.29, 1.82) is 0 Å². The van der Waals surface area contributed by atoms with Crippen molar-refractivity contribution in [1.82, 2.24) is 5.32 Å². The molecule has 1 aliphatic rings. The fourth-order valence-electron chi connectivity index (χ4n) is 2.39. The zero-order valence-electron chi connectivity index (χ0n) is 12.0. The van der Waals surface area contributed by atoms with Gasteiger partial charge in [-0.15, -0.1) is 0 Å². The largest absolute Gasteiger partial charge is 0.454 e. The first kappa shape index (κ1) is 13.9. The molecule has 2 N–H and O–H groups in total. The summed E-state index contributed by atoms with van der Waals surface area (Å²) >= 11 is 0. The summed E-state index contributed by atoms with van der Waals surface area (Å²) in [5.41, 5.74) is 2.03. The SMILES string of the molecule is C[C@H](NC[C@H](O)c1ccc2c(c1)OCO2)c1ccccc1. The molecule has 2 atom stereocenters. The third kappa shape index (κ3) is 3.17. The highest BCUT2D eigenvalue weighted by Gasteiger charge is 2.17. The highest BCUT2D eigenvalue weighted by atomic mass is 16.7. The van der Waals surface area contributed by atoms with Crippen LogP contribution in [0.1, 0.15) is 30.2 Å². The van der Waals surface area contributed by atoms with Crippen LogP contribution >= 0.6 is 0 Å². The monoisotopic (exact) mass is 285 g/mol. The fourth-order valence-corrected chi connectivity index (χ4v) is 2.39. The van der Waals surface area contributed by atoms with Gasteiger partial charge in [0.25, 0.3) is 0 Å². The third-order valence-electron chi connectivity index (χ3n) is 3.70. The van der Waals surface area contributed by atoms with Crippen LogP contribution in [0.3, 0.4) is 0 Å². The molecular formula is C17H19NO3. The van der Waals surface area contributed by atoms with E-state index in [1.54, 1.807) is 0 Å². The van der Waals surface area contributed by atoms with Gasteiger partial charge in [0.05, 0.1) is 6.10 Å². The molecule has 0 aromatic heterocycles. The highest BCUT2D eigenvalue weighted by molar-refractivity contribution is 5.45. The van der Waals surface area contributed by atoms with Crippen LogP contribution in [0.15, 0.2) is 48.5 Å². The molecule has 0 fully saturated rings. The minimum Gasteiger partial charge on any atom is -0.454 e. The van der Waals surface area contributed by atoms with Gasteiger partial charge in [-0.25, -0.2) is 0 Å². The second-order valence-corrected chi connectivity index (χ2v) is 5.17. The van der Waals surface area contributed by atoms with Crippen molar-refractivity contribution < 1.29 is 14.6 Å². The number of rotatable bonds is 5.